The molecule has 1 unspecified atom stereocenters. The summed E-state index contributed by atoms with van der Waals surface area (Å²) in [6, 6.07) is 2.64. The number of aliphatic carboxylic acids is 1. The number of likely N-dealkylation sites (tertiary alicyclic amines) is 1. The Hall–Kier alpha value is -5.75. The van der Waals surface area contributed by atoms with Gasteiger partial charge in [0.1, 0.15) is 24.7 Å². The third kappa shape index (κ3) is 16.6. The number of likely N-dealkylation sites (N-methyl/N-ethyl adjacent to an activating group) is 1. The number of hydrogen-bond donors (Lipinski definition) is 6. The molecule has 0 radical (unpaired) electrons. The van der Waals surface area contributed by atoms with Crippen molar-refractivity contribution in [1.82, 2.24) is 30.7 Å². The van der Waals surface area contributed by atoms with E-state index in [0.717, 1.165) is 4.90 Å². The molecule has 59 heavy (non-hydrogen) atoms. The zero-order valence-corrected chi connectivity index (χ0v) is 35.2. The third-order valence-corrected chi connectivity index (χ3v) is 10.1. The van der Waals surface area contributed by atoms with Gasteiger partial charge in [0.15, 0.2) is 0 Å². The van der Waals surface area contributed by atoms with E-state index in [4.69, 9.17) is 15.6 Å². The minimum Gasteiger partial charge on any atom is -0.480 e. The van der Waals surface area contributed by atoms with Crippen LogP contribution >= 0.6 is 0 Å². The fourth-order valence-electron chi connectivity index (χ4n) is 6.11. The maximum absolute atomic E-state index is 13.5. The van der Waals surface area contributed by atoms with E-state index in [1.165, 1.54) is 30.8 Å². The lowest BCUT2D eigenvalue weighted by atomic mass is 9.94. The molecule has 0 aromatic heterocycles. The van der Waals surface area contributed by atoms with Gasteiger partial charge in [-0.2, -0.15) is 0 Å². The molecule has 328 valence electrons. The predicted molar refractivity (Wildman–Crippen MR) is 216 cm³/mol. The van der Waals surface area contributed by atoms with Crippen molar-refractivity contribution in [3.8, 4) is 0 Å². The van der Waals surface area contributed by atoms with E-state index in [1.807, 2.05) is 13.8 Å². The summed E-state index contributed by atoms with van der Waals surface area (Å²) in [6.45, 7) is 9.08. The molecule has 0 saturated carbocycles. The standard InChI is InChI=1S/C40H62N8O11/c1-24(2)29-22-33(51)48(37(29)54)20-10-8-9-13-31(49)45-34(25(3)4)36(53)44-30(12-11-19-42-39(41)57)35(52)43-28-16-14-27(15-17-28)23-59-40(58)46(6)21-18-32(50)47(7)26(5)38(55)56/h14-17,24-26,29-30,34H,8-13,18-23H2,1-7H3,(H,43,52)(H,44,53)(H,45,49)(H,55,56)(H3,41,42,57)/t26-,29?,30-,34-/m0/s1. The first-order valence-corrected chi connectivity index (χ1v) is 20.0. The van der Waals surface area contributed by atoms with Crippen LogP contribution in [0.4, 0.5) is 15.3 Å². The number of primary amides is 1. The van der Waals surface area contributed by atoms with Gasteiger partial charge >= 0.3 is 18.1 Å². The van der Waals surface area contributed by atoms with Crippen LogP contribution in [0.2, 0.25) is 0 Å². The highest BCUT2D eigenvalue weighted by atomic mass is 16.6. The molecule has 19 nitrogen and oxygen atoms in total. The number of nitrogens with two attached hydrogens (primary N) is 1. The van der Waals surface area contributed by atoms with Gasteiger partial charge in [0, 0.05) is 64.6 Å². The first kappa shape index (κ1) is 49.4. The van der Waals surface area contributed by atoms with Crippen LogP contribution in [-0.4, -0.2) is 125 Å². The molecule has 9 amide bonds. The summed E-state index contributed by atoms with van der Waals surface area (Å²) in [6.07, 6.45) is 1.60. The Bertz CT molecular complexity index is 1650. The highest BCUT2D eigenvalue weighted by molar-refractivity contribution is 6.03. The number of nitrogens with one attached hydrogen (secondary N) is 4. The van der Waals surface area contributed by atoms with Gasteiger partial charge in [-0.25, -0.2) is 14.4 Å². The minimum absolute atomic E-state index is 0.00769. The Balaban J connectivity index is 1.93. The monoisotopic (exact) mass is 830 g/mol. The van der Waals surface area contributed by atoms with E-state index in [1.54, 1.807) is 38.1 Å². The summed E-state index contributed by atoms with van der Waals surface area (Å²) < 4.78 is 5.32. The molecule has 4 atom stereocenters. The second-order valence-electron chi connectivity index (χ2n) is 15.5. The van der Waals surface area contributed by atoms with Crippen molar-refractivity contribution in [2.75, 3.05) is 39.0 Å². The maximum Gasteiger partial charge on any atom is 0.409 e. The molecule has 0 bridgehead atoms. The number of unbranched alkanes of at least 4 members (excludes halogenated alkanes) is 2. The van der Waals surface area contributed by atoms with Crippen molar-refractivity contribution < 1.29 is 53.0 Å². The van der Waals surface area contributed by atoms with Crippen molar-refractivity contribution in [3.63, 3.8) is 0 Å². The number of hydrogen-bond acceptors (Lipinski definition) is 10. The second-order valence-corrected chi connectivity index (χ2v) is 15.5. The van der Waals surface area contributed by atoms with Gasteiger partial charge in [0.2, 0.25) is 35.4 Å². The highest BCUT2D eigenvalue weighted by Gasteiger charge is 2.39. The Morgan fingerprint density at radius 3 is 2.14 bits per heavy atom. The molecule has 0 aliphatic carbocycles. The number of carboxylic acid groups (broad SMARTS) is 1. The summed E-state index contributed by atoms with van der Waals surface area (Å²) in [5.41, 5.74) is 6.13. The molecule has 1 saturated heterocycles. The Morgan fingerprint density at radius 2 is 1.56 bits per heavy atom. The van der Waals surface area contributed by atoms with Gasteiger partial charge in [-0.1, -0.05) is 46.2 Å². The molecule has 1 fully saturated rings. The summed E-state index contributed by atoms with van der Waals surface area (Å²) in [5.74, 6) is -3.93. The average molecular weight is 831 g/mol. The molecule has 0 spiro atoms. The van der Waals surface area contributed by atoms with Crippen LogP contribution in [0.25, 0.3) is 0 Å². The van der Waals surface area contributed by atoms with Gasteiger partial charge in [0.05, 0.1) is 0 Å². The smallest absolute Gasteiger partial charge is 0.409 e. The third-order valence-electron chi connectivity index (χ3n) is 10.1. The van der Waals surface area contributed by atoms with Gasteiger partial charge < -0.3 is 46.6 Å². The van der Waals surface area contributed by atoms with Gasteiger partial charge in [-0.15, -0.1) is 0 Å². The van der Waals surface area contributed by atoms with Crippen LogP contribution in [0.3, 0.4) is 0 Å². The van der Waals surface area contributed by atoms with E-state index in [2.05, 4.69) is 21.3 Å². The number of nitrogens with zero attached hydrogens (tertiary/aromatic N) is 3. The van der Waals surface area contributed by atoms with Crippen molar-refractivity contribution in [2.45, 2.75) is 111 Å². The summed E-state index contributed by atoms with van der Waals surface area (Å²) in [4.78, 5) is 115. The van der Waals surface area contributed by atoms with Gasteiger partial charge in [-0.3, -0.25) is 33.7 Å². The van der Waals surface area contributed by atoms with Crippen molar-refractivity contribution in [3.05, 3.63) is 29.8 Å². The number of imide groups is 1. The fourth-order valence-corrected chi connectivity index (χ4v) is 6.11. The van der Waals surface area contributed by atoms with Crippen LogP contribution in [0.15, 0.2) is 24.3 Å². The maximum atomic E-state index is 13.5. The number of ether oxygens (including phenoxy) is 1. The normalized spacial score (nSPS) is 15.3. The molecule has 1 aromatic carbocycles. The molecule has 19 heteroatoms. The first-order valence-electron chi connectivity index (χ1n) is 20.0. The number of anilines is 1. The number of carbonyl (C=O) groups excluding carboxylic acids is 8. The zero-order valence-electron chi connectivity index (χ0n) is 35.2. The van der Waals surface area contributed by atoms with E-state index < -0.39 is 53.9 Å². The Kier molecular flexibility index (Phi) is 20.3. The van der Waals surface area contributed by atoms with Crippen LogP contribution in [-0.2, 0) is 44.9 Å². The molecule has 7 N–H and O–H groups in total. The van der Waals surface area contributed by atoms with Crippen molar-refractivity contribution in [2.24, 2.45) is 23.5 Å². The average Bonchev–Trinajstić information content (AvgIpc) is 3.47. The van der Waals surface area contributed by atoms with Crippen LogP contribution in [0, 0.1) is 17.8 Å². The van der Waals surface area contributed by atoms with E-state index in [9.17, 15) is 43.2 Å². The molecule has 1 aliphatic rings. The number of urea groups is 1. The van der Waals surface area contributed by atoms with Crippen molar-refractivity contribution in [1.29, 1.82) is 0 Å². The Morgan fingerprint density at radius 1 is 0.898 bits per heavy atom. The summed E-state index contributed by atoms with van der Waals surface area (Å²) >= 11 is 0. The van der Waals surface area contributed by atoms with Gasteiger partial charge in [-0.05, 0) is 62.1 Å². The molecule has 1 aliphatic heterocycles. The quantitative estimate of drug-likeness (QED) is 0.0650. The lowest BCUT2D eigenvalue weighted by molar-refractivity contribution is -0.148. The van der Waals surface area contributed by atoms with Gasteiger partial charge in [0.25, 0.3) is 0 Å². The minimum atomic E-state index is -1.15. The van der Waals surface area contributed by atoms with Crippen LogP contribution in [0.1, 0.15) is 91.5 Å². The topological polar surface area (TPSA) is 267 Å². The van der Waals surface area contributed by atoms with Crippen LogP contribution < -0.4 is 27.0 Å². The van der Waals surface area contributed by atoms with E-state index in [-0.39, 0.29) is 87.3 Å². The Labute approximate surface area is 345 Å². The number of carbonyl (C=O) groups is 9. The summed E-state index contributed by atoms with van der Waals surface area (Å²) in [7, 11) is 2.82. The van der Waals surface area contributed by atoms with E-state index in [0.29, 0.717) is 37.1 Å². The second kappa shape index (κ2) is 24.2. The highest BCUT2D eigenvalue weighted by Crippen LogP contribution is 2.26. The lowest BCUT2D eigenvalue weighted by Gasteiger charge is -2.25. The van der Waals surface area contributed by atoms with Crippen molar-refractivity contribution >= 4 is 59.2 Å². The predicted octanol–water partition coefficient (Wildman–Crippen LogP) is 2.18. The lowest BCUT2D eigenvalue weighted by Crippen LogP contribution is -2.54. The SMILES string of the molecule is CC(C)C1CC(=O)N(CCCCCC(=O)N[C@H](C(=O)N[C@@H](CCCNC(N)=O)C(=O)Nc2ccc(COC(=O)N(C)CCC(=O)N(C)[C@@H](C)C(=O)O)cc2)C(C)C)C1=O. The molecule has 2 rings (SSSR count). The zero-order chi connectivity index (χ0) is 44.4. The number of amides is 9. The van der Waals surface area contributed by atoms with E-state index >= 15 is 0 Å². The molecule has 1 aromatic rings. The number of carboxylic acids is 1. The van der Waals surface area contributed by atoms with Crippen LogP contribution in [0.5, 0.6) is 0 Å². The largest absolute Gasteiger partial charge is 0.480 e. The molecule has 1 heterocycles. The fraction of sp³-hybridized carbons (Fsp3) is 0.625. The first-order chi connectivity index (χ1) is 27.7. The number of benzene rings is 1. The summed E-state index contributed by atoms with van der Waals surface area (Å²) in [5, 5.41) is 19.8. The molecular weight excluding hydrogens is 768 g/mol. The number of rotatable bonds is 24. The molecular formula is C40H62N8O11.